The van der Waals surface area contributed by atoms with E-state index in [4.69, 9.17) is 4.74 Å². The molecule has 19 heavy (non-hydrogen) atoms. The van der Waals surface area contributed by atoms with Crippen molar-refractivity contribution >= 4 is 15.9 Å². The number of aryl methyl sites for hydroxylation is 2. The van der Waals surface area contributed by atoms with Crippen LogP contribution in [0.15, 0.2) is 46.9 Å². The third-order valence-electron chi connectivity index (χ3n) is 3.27. The second kappa shape index (κ2) is 6.76. The van der Waals surface area contributed by atoms with Crippen LogP contribution in [0, 0.1) is 0 Å². The summed E-state index contributed by atoms with van der Waals surface area (Å²) in [5.41, 5.74) is 3.74. The Morgan fingerprint density at radius 3 is 2.00 bits per heavy atom. The van der Waals surface area contributed by atoms with Gasteiger partial charge in [-0.05, 0) is 30.0 Å². The molecule has 0 fully saturated rings. The SMILES string of the molecule is CCc1cccc(CC)c1OCc1ccccc1Br. The van der Waals surface area contributed by atoms with Gasteiger partial charge in [0.2, 0.25) is 0 Å². The lowest BCUT2D eigenvalue weighted by Crippen LogP contribution is -2.02. The lowest BCUT2D eigenvalue weighted by Gasteiger charge is -2.15. The van der Waals surface area contributed by atoms with Gasteiger partial charge in [0.15, 0.2) is 0 Å². The van der Waals surface area contributed by atoms with Crippen LogP contribution in [0.2, 0.25) is 0 Å². The highest BCUT2D eigenvalue weighted by atomic mass is 79.9. The smallest absolute Gasteiger partial charge is 0.126 e. The van der Waals surface area contributed by atoms with Crippen molar-refractivity contribution < 1.29 is 4.74 Å². The van der Waals surface area contributed by atoms with E-state index < -0.39 is 0 Å². The number of halogens is 1. The molecule has 2 rings (SSSR count). The zero-order chi connectivity index (χ0) is 13.7. The first-order valence-corrected chi connectivity index (χ1v) is 7.52. The summed E-state index contributed by atoms with van der Waals surface area (Å²) in [7, 11) is 0. The van der Waals surface area contributed by atoms with Gasteiger partial charge in [-0.15, -0.1) is 0 Å². The predicted octanol–water partition coefficient (Wildman–Crippen LogP) is 5.15. The molecule has 0 aliphatic rings. The van der Waals surface area contributed by atoms with Crippen LogP contribution >= 0.6 is 15.9 Å². The van der Waals surface area contributed by atoms with E-state index in [0.29, 0.717) is 6.61 Å². The minimum Gasteiger partial charge on any atom is -0.488 e. The van der Waals surface area contributed by atoms with Crippen LogP contribution in [0.25, 0.3) is 0 Å². The van der Waals surface area contributed by atoms with Gasteiger partial charge in [-0.1, -0.05) is 66.2 Å². The Balaban J connectivity index is 2.21. The van der Waals surface area contributed by atoms with Crippen LogP contribution in [0.5, 0.6) is 5.75 Å². The molecule has 0 saturated carbocycles. The van der Waals surface area contributed by atoms with Gasteiger partial charge < -0.3 is 4.74 Å². The summed E-state index contributed by atoms with van der Waals surface area (Å²) < 4.78 is 7.19. The number of rotatable bonds is 5. The molecular formula is C17H19BrO. The highest BCUT2D eigenvalue weighted by Gasteiger charge is 2.08. The van der Waals surface area contributed by atoms with Crippen molar-refractivity contribution in [2.24, 2.45) is 0 Å². The van der Waals surface area contributed by atoms with E-state index in [0.717, 1.165) is 23.1 Å². The standard InChI is InChI=1S/C17H19BrO/c1-3-13-9-7-10-14(4-2)17(13)19-12-15-8-5-6-11-16(15)18/h5-11H,3-4,12H2,1-2H3. The molecule has 2 aromatic rings. The Kier molecular flexibility index (Phi) is 5.03. The van der Waals surface area contributed by atoms with E-state index in [-0.39, 0.29) is 0 Å². The van der Waals surface area contributed by atoms with E-state index in [1.54, 1.807) is 0 Å². The van der Waals surface area contributed by atoms with Crippen molar-refractivity contribution in [3.8, 4) is 5.75 Å². The van der Waals surface area contributed by atoms with Crippen molar-refractivity contribution in [3.05, 3.63) is 63.6 Å². The maximum Gasteiger partial charge on any atom is 0.126 e. The van der Waals surface area contributed by atoms with E-state index >= 15 is 0 Å². The Hall–Kier alpha value is -1.28. The summed E-state index contributed by atoms with van der Waals surface area (Å²) in [5.74, 6) is 1.06. The molecule has 0 aliphatic heterocycles. The van der Waals surface area contributed by atoms with Gasteiger partial charge in [0, 0.05) is 10.0 Å². The van der Waals surface area contributed by atoms with E-state index in [1.807, 2.05) is 18.2 Å². The minimum absolute atomic E-state index is 0.603. The zero-order valence-electron chi connectivity index (χ0n) is 11.4. The zero-order valence-corrected chi connectivity index (χ0v) is 13.0. The molecule has 0 aromatic heterocycles. The molecule has 2 aromatic carbocycles. The molecule has 100 valence electrons. The average molecular weight is 319 g/mol. The van der Waals surface area contributed by atoms with Crippen LogP contribution in [0.1, 0.15) is 30.5 Å². The second-order valence-corrected chi connectivity index (χ2v) is 5.35. The third kappa shape index (κ3) is 3.38. The van der Waals surface area contributed by atoms with Crippen molar-refractivity contribution in [3.63, 3.8) is 0 Å². The van der Waals surface area contributed by atoms with Crippen molar-refractivity contribution in [2.75, 3.05) is 0 Å². The van der Waals surface area contributed by atoms with Crippen LogP contribution < -0.4 is 4.74 Å². The van der Waals surface area contributed by atoms with E-state index in [9.17, 15) is 0 Å². The minimum atomic E-state index is 0.603. The number of benzene rings is 2. The molecule has 0 atom stereocenters. The summed E-state index contributed by atoms with van der Waals surface area (Å²) in [6.07, 6.45) is 2.00. The lowest BCUT2D eigenvalue weighted by molar-refractivity contribution is 0.299. The first-order chi connectivity index (χ1) is 9.26. The number of para-hydroxylation sites is 1. The maximum absolute atomic E-state index is 6.09. The Morgan fingerprint density at radius 2 is 1.42 bits per heavy atom. The third-order valence-corrected chi connectivity index (χ3v) is 4.04. The molecular weight excluding hydrogens is 300 g/mol. The van der Waals surface area contributed by atoms with Crippen molar-refractivity contribution in [2.45, 2.75) is 33.3 Å². The summed E-state index contributed by atoms with van der Waals surface area (Å²) in [4.78, 5) is 0. The van der Waals surface area contributed by atoms with Gasteiger partial charge >= 0.3 is 0 Å². The second-order valence-electron chi connectivity index (χ2n) is 4.49. The molecule has 0 spiro atoms. The molecule has 0 unspecified atom stereocenters. The van der Waals surface area contributed by atoms with Gasteiger partial charge in [-0.3, -0.25) is 0 Å². The maximum atomic E-state index is 6.09. The normalized spacial score (nSPS) is 10.5. The quantitative estimate of drug-likeness (QED) is 0.740. The fraction of sp³-hybridized carbons (Fsp3) is 0.294. The predicted molar refractivity (Wildman–Crippen MR) is 83.7 cm³/mol. The van der Waals surface area contributed by atoms with Crippen LogP contribution in [0.4, 0.5) is 0 Å². The fourth-order valence-corrected chi connectivity index (χ4v) is 2.54. The lowest BCUT2D eigenvalue weighted by atomic mass is 10.0. The van der Waals surface area contributed by atoms with Gasteiger partial charge in [0.1, 0.15) is 12.4 Å². The van der Waals surface area contributed by atoms with E-state index in [2.05, 4.69) is 54.0 Å². The Morgan fingerprint density at radius 1 is 0.842 bits per heavy atom. The van der Waals surface area contributed by atoms with Gasteiger partial charge in [-0.25, -0.2) is 0 Å². The average Bonchev–Trinajstić information content (AvgIpc) is 2.46. The molecule has 0 aliphatic carbocycles. The monoisotopic (exact) mass is 318 g/mol. The molecule has 2 heteroatoms. The molecule has 1 nitrogen and oxygen atoms in total. The van der Waals surface area contributed by atoms with Crippen molar-refractivity contribution in [1.29, 1.82) is 0 Å². The van der Waals surface area contributed by atoms with Gasteiger partial charge in [-0.2, -0.15) is 0 Å². The topological polar surface area (TPSA) is 9.23 Å². The summed E-state index contributed by atoms with van der Waals surface area (Å²) >= 11 is 3.56. The Labute approximate surface area is 123 Å². The first-order valence-electron chi connectivity index (χ1n) is 6.73. The van der Waals surface area contributed by atoms with Crippen LogP contribution in [-0.4, -0.2) is 0 Å². The van der Waals surface area contributed by atoms with Crippen LogP contribution in [-0.2, 0) is 19.4 Å². The summed E-state index contributed by atoms with van der Waals surface area (Å²) in [6, 6.07) is 14.6. The largest absolute Gasteiger partial charge is 0.488 e. The highest BCUT2D eigenvalue weighted by molar-refractivity contribution is 9.10. The molecule has 0 radical (unpaired) electrons. The fourth-order valence-electron chi connectivity index (χ4n) is 2.15. The van der Waals surface area contributed by atoms with Crippen molar-refractivity contribution in [1.82, 2.24) is 0 Å². The van der Waals surface area contributed by atoms with Crippen LogP contribution in [0.3, 0.4) is 0 Å². The molecule has 0 bridgehead atoms. The van der Waals surface area contributed by atoms with Gasteiger partial charge in [0.05, 0.1) is 0 Å². The molecule has 0 N–H and O–H groups in total. The number of hydrogen-bond acceptors (Lipinski definition) is 1. The number of ether oxygens (including phenoxy) is 1. The van der Waals surface area contributed by atoms with Gasteiger partial charge in [0.25, 0.3) is 0 Å². The first kappa shape index (κ1) is 14.1. The number of hydrogen-bond donors (Lipinski definition) is 0. The molecule has 0 saturated heterocycles. The highest BCUT2D eigenvalue weighted by Crippen LogP contribution is 2.27. The molecule has 0 heterocycles. The van der Waals surface area contributed by atoms with E-state index in [1.165, 1.54) is 16.7 Å². The summed E-state index contributed by atoms with van der Waals surface area (Å²) in [5, 5.41) is 0. The Bertz CT molecular complexity index is 526. The summed E-state index contributed by atoms with van der Waals surface area (Å²) in [6.45, 7) is 4.94. The molecule has 0 amide bonds.